The number of hydrogen-bond donors (Lipinski definition) is 1. The highest BCUT2D eigenvalue weighted by molar-refractivity contribution is 7.09. The van der Waals surface area contributed by atoms with Crippen LogP contribution in [0.15, 0.2) is 35.7 Å². The van der Waals surface area contributed by atoms with Gasteiger partial charge < -0.3 is 14.8 Å². The molecule has 1 N–H and O–H groups in total. The van der Waals surface area contributed by atoms with E-state index in [0.29, 0.717) is 6.61 Å². The maximum atomic E-state index is 5.57. The number of methoxy groups -OCH3 is 1. The molecular formula is C15H19NO2S. The summed E-state index contributed by atoms with van der Waals surface area (Å²) in [6, 6.07) is 10.2. The molecule has 0 saturated heterocycles. The molecule has 2 rings (SSSR count). The van der Waals surface area contributed by atoms with Crippen molar-refractivity contribution in [3.63, 3.8) is 0 Å². The van der Waals surface area contributed by atoms with Gasteiger partial charge in [0.2, 0.25) is 0 Å². The maximum Gasteiger partial charge on any atom is 0.165 e. The van der Waals surface area contributed by atoms with Gasteiger partial charge in [-0.3, -0.25) is 0 Å². The average molecular weight is 277 g/mol. The van der Waals surface area contributed by atoms with Gasteiger partial charge in [-0.2, -0.15) is 0 Å². The molecule has 0 aliphatic carbocycles. The third kappa shape index (κ3) is 3.72. The van der Waals surface area contributed by atoms with E-state index in [1.54, 1.807) is 18.4 Å². The molecule has 1 aromatic carbocycles. The SMILES string of the molecule is CCOc1cccc(CNCc2cccs2)c1OC. The van der Waals surface area contributed by atoms with E-state index in [0.717, 1.165) is 30.2 Å². The van der Waals surface area contributed by atoms with Crippen LogP contribution in [0.2, 0.25) is 0 Å². The molecule has 3 nitrogen and oxygen atoms in total. The number of para-hydroxylation sites is 1. The molecule has 2 aromatic rings. The fraction of sp³-hybridized carbons (Fsp3) is 0.333. The lowest BCUT2D eigenvalue weighted by molar-refractivity contribution is 0.308. The third-order valence-corrected chi connectivity index (χ3v) is 3.64. The smallest absolute Gasteiger partial charge is 0.165 e. The lowest BCUT2D eigenvalue weighted by Crippen LogP contribution is -2.13. The van der Waals surface area contributed by atoms with Crippen LogP contribution in [-0.4, -0.2) is 13.7 Å². The van der Waals surface area contributed by atoms with E-state index in [2.05, 4.69) is 28.9 Å². The van der Waals surface area contributed by atoms with Gasteiger partial charge in [-0.15, -0.1) is 11.3 Å². The first-order chi connectivity index (χ1) is 9.35. The van der Waals surface area contributed by atoms with Gasteiger partial charge in [-0.25, -0.2) is 0 Å². The summed E-state index contributed by atoms with van der Waals surface area (Å²) in [6.45, 7) is 4.26. The summed E-state index contributed by atoms with van der Waals surface area (Å²) in [5, 5.41) is 5.51. The number of ether oxygens (including phenoxy) is 2. The highest BCUT2D eigenvalue weighted by Crippen LogP contribution is 2.30. The minimum absolute atomic E-state index is 0.641. The molecule has 0 aliphatic rings. The molecule has 0 saturated carbocycles. The van der Waals surface area contributed by atoms with Gasteiger partial charge in [0, 0.05) is 23.5 Å². The largest absolute Gasteiger partial charge is 0.493 e. The van der Waals surface area contributed by atoms with Crippen molar-refractivity contribution in [2.75, 3.05) is 13.7 Å². The maximum absolute atomic E-state index is 5.57. The van der Waals surface area contributed by atoms with Crippen molar-refractivity contribution in [2.24, 2.45) is 0 Å². The molecule has 102 valence electrons. The Morgan fingerprint density at radius 3 is 2.74 bits per heavy atom. The van der Waals surface area contributed by atoms with Crippen LogP contribution in [0.5, 0.6) is 11.5 Å². The first-order valence-corrected chi connectivity index (χ1v) is 7.25. The van der Waals surface area contributed by atoms with Crippen LogP contribution >= 0.6 is 11.3 Å². The molecule has 1 heterocycles. The van der Waals surface area contributed by atoms with Gasteiger partial charge in [-0.05, 0) is 24.4 Å². The summed E-state index contributed by atoms with van der Waals surface area (Å²) in [5.74, 6) is 1.63. The van der Waals surface area contributed by atoms with Crippen molar-refractivity contribution in [3.8, 4) is 11.5 Å². The Kier molecular flexibility index (Phi) is 5.24. The van der Waals surface area contributed by atoms with Gasteiger partial charge in [0.15, 0.2) is 11.5 Å². The van der Waals surface area contributed by atoms with Crippen molar-refractivity contribution in [2.45, 2.75) is 20.0 Å². The van der Waals surface area contributed by atoms with E-state index in [4.69, 9.17) is 9.47 Å². The van der Waals surface area contributed by atoms with Crippen LogP contribution in [0.1, 0.15) is 17.4 Å². The zero-order valence-corrected chi connectivity index (χ0v) is 12.1. The summed E-state index contributed by atoms with van der Waals surface area (Å²) < 4.78 is 11.0. The van der Waals surface area contributed by atoms with Crippen LogP contribution in [0.4, 0.5) is 0 Å². The van der Waals surface area contributed by atoms with Crippen LogP contribution in [0.25, 0.3) is 0 Å². The van der Waals surface area contributed by atoms with Crippen LogP contribution in [-0.2, 0) is 13.1 Å². The standard InChI is InChI=1S/C15H19NO2S/c1-3-18-14-8-4-6-12(15(14)17-2)10-16-11-13-7-5-9-19-13/h4-9,16H,3,10-11H2,1-2H3. The third-order valence-electron chi connectivity index (χ3n) is 2.76. The normalized spacial score (nSPS) is 10.4. The van der Waals surface area contributed by atoms with Crippen molar-refractivity contribution in [1.82, 2.24) is 5.32 Å². The molecule has 0 aliphatic heterocycles. The van der Waals surface area contributed by atoms with Crippen molar-refractivity contribution in [3.05, 3.63) is 46.2 Å². The van der Waals surface area contributed by atoms with E-state index in [9.17, 15) is 0 Å². The Labute approximate surface area is 118 Å². The number of thiophene rings is 1. The first kappa shape index (κ1) is 13.9. The summed E-state index contributed by atoms with van der Waals surface area (Å²) in [6.07, 6.45) is 0. The van der Waals surface area contributed by atoms with Gasteiger partial charge >= 0.3 is 0 Å². The fourth-order valence-electron chi connectivity index (χ4n) is 1.93. The van der Waals surface area contributed by atoms with E-state index in [-0.39, 0.29) is 0 Å². The summed E-state index contributed by atoms with van der Waals surface area (Å²) in [4.78, 5) is 1.33. The van der Waals surface area contributed by atoms with E-state index in [1.165, 1.54) is 4.88 Å². The first-order valence-electron chi connectivity index (χ1n) is 6.37. The van der Waals surface area contributed by atoms with Crippen LogP contribution in [0, 0.1) is 0 Å². The molecule has 0 bridgehead atoms. The Morgan fingerprint density at radius 1 is 1.16 bits per heavy atom. The Balaban J connectivity index is 2.00. The summed E-state index contributed by atoms with van der Waals surface area (Å²) in [7, 11) is 1.68. The van der Waals surface area contributed by atoms with Gasteiger partial charge in [-0.1, -0.05) is 18.2 Å². The van der Waals surface area contributed by atoms with E-state index < -0.39 is 0 Å². The predicted octanol–water partition coefficient (Wildman–Crippen LogP) is 3.45. The topological polar surface area (TPSA) is 30.5 Å². The minimum atomic E-state index is 0.641. The zero-order valence-electron chi connectivity index (χ0n) is 11.3. The van der Waals surface area contributed by atoms with Gasteiger partial charge in [0.05, 0.1) is 13.7 Å². The predicted molar refractivity (Wildman–Crippen MR) is 79.0 cm³/mol. The average Bonchev–Trinajstić information content (AvgIpc) is 2.93. The number of nitrogens with one attached hydrogen (secondary N) is 1. The second-order valence-corrected chi connectivity index (χ2v) is 5.10. The zero-order chi connectivity index (χ0) is 13.5. The molecule has 0 fully saturated rings. The van der Waals surface area contributed by atoms with Crippen molar-refractivity contribution < 1.29 is 9.47 Å². The molecule has 1 aromatic heterocycles. The molecule has 19 heavy (non-hydrogen) atoms. The molecule has 0 spiro atoms. The highest BCUT2D eigenvalue weighted by atomic mass is 32.1. The van der Waals surface area contributed by atoms with E-state index in [1.807, 2.05) is 19.1 Å². The minimum Gasteiger partial charge on any atom is -0.493 e. The number of rotatable bonds is 7. The number of benzene rings is 1. The fourth-order valence-corrected chi connectivity index (χ4v) is 2.61. The summed E-state index contributed by atoms with van der Waals surface area (Å²) >= 11 is 1.76. The number of hydrogen-bond acceptors (Lipinski definition) is 4. The highest BCUT2D eigenvalue weighted by Gasteiger charge is 2.09. The molecule has 0 amide bonds. The molecule has 0 atom stereocenters. The van der Waals surface area contributed by atoms with Crippen LogP contribution in [0.3, 0.4) is 0 Å². The Hall–Kier alpha value is -1.52. The molecule has 0 radical (unpaired) electrons. The van der Waals surface area contributed by atoms with Gasteiger partial charge in [0.1, 0.15) is 0 Å². The lowest BCUT2D eigenvalue weighted by Gasteiger charge is -2.14. The Bertz CT molecular complexity index is 497. The second-order valence-electron chi connectivity index (χ2n) is 4.06. The van der Waals surface area contributed by atoms with Crippen molar-refractivity contribution >= 4 is 11.3 Å². The van der Waals surface area contributed by atoms with Crippen molar-refractivity contribution in [1.29, 1.82) is 0 Å². The van der Waals surface area contributed by atoms with Crippen LogP contribution < -0.4 is 14.8 Å². The monoisotopic (exact) mass is 277 g/mol. The molecule has 4 heteroatoms. The molecular weight excluding hydrogens is 258 g/mol. The van der Waals surface area contributed by atoms with E-state index >= 15 is 0 Å². The van der Waals surface area contributed by atoms with Gasteiger partial charge in [0.25, 0.3) is 0 Å². The lowest BCUT2D eigenvalue weighted by atomic mass is 10.2. The summed E-state index contributed by atoms with van der Waals surface area (Å²) in [5.41, 5.74) is 1.12. The second kappa shape index (κ2) is 7.16. The quantitative estimate of drug-likeness (QED) is 0.841. The molecule has 0 unspecified atom stereocenters. The Morgan fingerprint density at radius 2 is 2.05 bits per heavy atom.